The molecule has 8 nitrogen and oxygen atoms in total. The molecular formula is C30H31N7O. The zero-order chi connectivity index (χ0) is 26.5. The molecule has 1 N–H and O–H groups in total. The molecule has 192 valence electrons. The number of anilines is 3. The number of benzene rings is 2. The van der Waals surface area contributed by atoms with Crippen LogP contribution in [0.5, 0.6) is 11.8 Å². The Morgan fingerprint density at radius 2 is 1.84 bits per heavy atom. The highest BCUT2D eigenvalue weighted by atomic mass is 16.5. The molecule has 0 spiro atoms. The van der Waals surface area contributed by atoms with Gasteiger partial charge in [-0.15, -0.1) is 0 Å². The summed E-state index contributed by atoms with van der Waals surface area (Å²) in [5.74, 6) is 1.56. The second kappa shape index (κ2) is 11.2. The van der Waals surface area contributed by atoms with E-state index in [1.54, 1.807) is 18.5 Å². The van der Waals surface area contributed by atoms with Crippen molar-refractivity contribution in [2.24, 2.45) is 7.05 Å². The summed E-state index contributed by atoms with van der Waals surface area (Å²) in [5, 5.41) is 18.0. The summed E-state index contributed by atoms with van der Waals surface area (Å²) in [5.41, 5.74) is 5.28. The molecule has 1 saturated carbocycles. The van der Waals surface area contributed by atoms with Gasteiger partial charge in [-0.2, -0.15) is 10.4 Å². The molecule has 0 amide bonds. The molecule has 0 aliphatic heterocycles. The maximum absolute atomic E-state index is 10.2. The first-order chi connectivity index (χ1) is 18.5. The van der Waals surface area contributed by atoms with Crippen LogP contribution in [0.25, 0.3) is 11.6 Å². The van der Waals surface area contributed by atoms with E-state index < -0.39 is 0 Å². The second-order valence-corrected chi connectivity index (χ2v) is 9.57. The summed E-state index contributed by atoms with van der Waals surface area (Å²) in [7, 11) is 4.02. The second-order valence-electron chi connectivity index (χ2n) is 9.57. The first-order valence-electron chi connectivity index (χ1n) is 12.8. The molecule has 1 fully saturated rings. The summed E-state index contributed by atoms with van der Waals surface area (Å²) in [6, 6.07) is 20.7. The molecule has 2 aromatic heterocycles. The fourth-order valence-electron chi connectivity index (χ4n) is 4.90. The smallest absolute Gasteiger partial charge is 0.321 e. The van der Waals surface area contributed by atoms with E-state index in [1.807, 2.05) is 73.3 Å². The van der Waals surface area contributed by atoms with Gasteiger partial charge in [0.1, 0.15) is 11.6 Å². The number of hydrogen-bond acceptors (Lipinski definition) is 7. The van der Waals surface area contributed by atoms with Crippen LogP contribution in [0.3, 0.4) is 0 Å². The molecule has 0 unspecified atom stereocenters. The Morgan fingerprint density at radius 3 is 2.50 bits per heavy atom. The van der Waals surface area contributed by atoms with E-state index in [2.05, 4.69) is 38.4 Å². The third kappa shape index (κ3) is 5.68. The first kappa shape index (κ1) is 25.0. The van der Waals surface area contributed by atoms with Gasteiger partial charge in [-0.25, -0.2) is 9.97 Å². The van der Waals surface area contributed by atoms with E-state index in [1.165, 1.54) is 12.8 Å². The molecule has 38 heavy (non-hydrogen) atoms. The molecule has 5 rings (SSSR count). The fraction of sp³-hybridized carbons (Fsp3) is 0.267. The van der Waals surface area contributed by atoms with Crippen molar-refractivity contribution in [3.8, 4) is 17.8 Å². The van der Waals surface area contributed by atoms with Gasteiger partial charge in [0, 0.05) is 61.6 Å². The number of hydrogen-bond donors (Lipinski definition) is 1. The quantitative estimate of drug-likeness (QED) is 0.216. The predicted molar refractivity (Wildman–Crippen MR) is 150 cm³/mol. The average Bonchev–Trinajstić information content (AvgIpc) is 3.58. The van der Waals surface area contributed by atoms with Crippen molar-refractivity contribution >= 4 is 28.8 Å². The monoisotopic (exact) mass is 505 g/mol. The van der Waals surface area contributed by atoms with Crippen molar-refractivity contribution in [2.75, 3.05) is 17.3 Å². The minimum atomic E-state index is 0.292. The van der Waals surface area contributed by atoms with Gasteiger partial charge in [0.2, 0.25) is 0 Å². The SMILES string of the molecule is Cc1cc(Nc2ccc(/C=C(\C#N)c3ccc(Oc4ncccn4)cc3N(C)C3CCCC3)cc2)n(C)n1. The van der Waals surface area contributed by atoms with Crippen molar-refractivity contribution in [2.45, 2.75) is 38.6 Å². The van der Waals surface area contributed by atoms with Gasteiger partial charge in [-0.1, -0.05) is 25.0 Å². The Balaban J connectivity index is 1.44. The minimum Gasteiger partial charge on any atom is -0.424 e. The Kier molecular flexibility index (Phi) is 7.36. The lowest BCUT2D eigenvalue weighted by Crippen LogP contribution is -2.29. The number of aryl methyl sites for hydroxylation is 2. The molecule has 4 aromatic rings. The number of nitrogens with one attached hydrogen (secondary N) is 1. The molecule has 0 atom stereocenters. The lowest BCUT2D eigenvalue weighted by atomic mass is 10.00. The standard InChI is InChI=1S/C30H31N7O/c1-21-17-29(37(3)35-21)34-24-11-9-22(10-12-24)18-23(20-31)27-14-13-26(38-30-32-15-6-16-33-30)19-28(27)36(2)25-7-4-5-8-25/h6,9-19,25,34H,4-5,7-8H2,1-3H3/b23-18+. The van der Waals surface area contributed by atoms with E-state index in [0.717, 1.165) is 46.9 Å². The minimum absolute atomic E-state index is 0.292. The van der Waals surface area contributed by atoms with Crippen LogP contribution in [0.1, 0.15) is 42.5 Å². The van der Waals surface area contributed by atoms with Gasteiger partial charge in [-0.3, -0.25) is 4.68 Å². The number of rotatable bonds is 8. The van der Waals surface area contributed by atoms with Crippen LogP contribution in [0.4, 0.5) is 17.2 Å². The summed E-state index contributed by atoms with van der Waals surface area (Å²) in [6.45, 7) is 1.97. The fourth-order valence-corrected chi connectivity index (χ4v) is 4.90. The van der Waals surface area contributed by atoms with Crippen molar-refractivity contribution in [3.05, 3.63) is 83.8 Å². The van der Waals surface area contributed by atoms with Gasteiger partial charge >= 0.3 is 6.01 Å². The van der Waals surface area contributed by atoms with Crippen molar-refractivity contribution in [3.63, 3.8) is 0 Å². The van der Waals surface area contributed by atoms with E-state index in [-0.39, 0.29) is 0 Å². The van der Waals surface area contributed by atoms with Gasteiger partial charge in [0.05, 0.1) is 17.3 Å². The zero-order valence-electron chi connectivity index (χ0n) is 21.9. The molecular weight excluding hydrogens is 474 g/mol. The Bertz CT molecular complexity index is 1460. The average molecular weight is 506 g/mol. The summed E-state index contributed by atoms with van der Waals surface area (Å²) in [6.07, 6.45) is 9.95. The molecule has 0 bridgehead atoms. The maximum atomic E-state index is 10.2. The third-order valence-corrected chi connectivity index (χ3v) is 6.88. The van der Waals surface area contributed by atoms with Crippen molar-refractivity contribution in [1.29, 1.82) is 5.26 Å². The van der Waals surface area contributed by atoms with E-state index in [9.17, 15) is 5.26 Å². The number of ether oxygens (including phenoxy) is 1. The summed E-state index contributed by atoms with van der Waals surface area (Å²) in [4.78, 5) is 10.6. The molecule has 1 aliphatic rings. The van der Waals surface area contributed by atoms with Gasteiger partial charge in [0.15, 0.2) is 0 Å². The van der Waals surface area contributed by atoms with E-state index in [0.29, 0.717) is 23.4 Å². The van der Waals surface area contributed by atoms with Gasteiger partial charge < -0.3 is 15.0 Å². The summed E-state index contributed by atoms with van der Waals surface area (Å²) >= 11 is 0. The predicted octanol–water partition coefficient (Wildman–Crippen LogP) is 6.50. The van der Waals surface area contributed by atoms with Crippen LogP contribution in [-0.4, -0.2) is 32.8 Å². The van der Waals surface area contributed by atoms with Crippen LogP contribution in [0.2, 0.25) is 0 Å². The van der Waals surface area contributed by atoms with Gasteiger partial charge in [0.25, 0.3) is 0 Å². The largest absolute Gasteiger partial charge is 0.424 e. The Labute approximate surface area is 223 Å². The molecule has 8 heteroatoms. The maximum Gasteiger partial charge on any atom is 0.321 e. The van der Waals surface area contributed by atoms with Gasteiger partial charge in [-0.05, 0) is 61.7 Å². The van der Waals surface area contributed by atoms with Crippen LogP contribution in [-0.2, 0) is 7.05 Å². The molecule has 2 heterocycles. The molecule has 1 aliphatic carbocycles. The van der Waals surface area contributed by atoms with Crippen LogP contribution >= 0.6 is 0 Å². The first-order valence-corrected chi connectivity index (χ1v) is 12.8. The molecule has 2 aromatic carbocycles. The van der Waals surface area contributed by atoms with E-state index >= 15 is 0 Å². The number of aromatic nitrogens is 4. The lowest BCUT2D eigenvalue weighted by molar-refractivity contribution is 0.441. The Hall–Kier alpha value is -4.64. The normalized spacial score (nSPS) is 13.8. The lowest BCUT2D eigenvalue weighted by Gasteiger charge is -2.29. The highest BCUT2D eigenvalue weighted by Crippen LogP contribution is 2.36. The van der Waals surface area contributed by atoms with E-state index in [4.69, 9.17) is 4.74 Å². The summed E-state index contributed by atoms with van der Waals surface area (Å²) < 4.78 is 7.74. The molecule has 0 saturated heterocycles. The number of nitriles is 1. The highest BCUT2D eigenvalue weighted by molar-refractivity contribution is 5.94. The van der Waals surface area contributed by atoms with Crippen molar-refractivity contribution in [1.82, 2.24) is 19.7 Å². The van der Waals surface area contributed by atoms with Crippen molar-refractivity contribution < 1.29 is 4.74 Å². The number of nitrogens with zero attached hydrogens (tertiary/aromatic N) is 6. The Morgan fingerprint density at radius 1 is 1.11 bits per heavy atom. The van der Waals surface area contributed by atoms with Crippen LogP contribution in [0, 0.1) is 18.3 Å². The highest BCUT2D eigenvalue weighted by Gasteiger charge is 2.23. The number of allylic oxidation sites excluding steroid dienone is 1. The van der Waals surface area contributed by atoms with Crippen LogP contribution < -0.4 is 15.0 Å². The zero-order valence-corrected chi connectivity index (χ0v) is 21.9. The third-order valence-electron chi connectivity index (χ3n) is 6.88. The topological polar surface area (TPSA) is 91.9 Å². The molecule has 0 radical (unpaired) electrons. The van der Waals surface area contributed by atoms with Crippen LogP contribution in [0.15, 0.2) is 67.0 Å².